The number of halogens is 1. The van der Waals surface area contributed by atoms with Gasteiger partial charge in [-0.3, -0.25) is 0 Å². The van der Waals surface area contributed by atoms with E-state index in [1.54, 1.807) is 11.3 Å². The fourth-order valence-electron chi connectivity index (χ4n) is 0.783. The highest BCUT2D eigenvalue weighted by atomic mass is 79.9. The van der Waals surface area contributed by atoms with Gasteiger partial charge in [-0.2, -0.15) is 0 Å². The van der Waals surface area contributed by atoms with E-state index < -0.39 is 0 Å². The summed E-state index contributed by atoms with van der Waals surface area (Å²) in [5.74, 6) is 5.80. The van der Waals surface area contributed by atoms with E-state index in [0.717, 1.165) is 13.1 Å². The third kappa shape index (κ3) is 3.40. The Morgan fingerprint density at radius 2 is 2.42 bits per heavy atom. The van der Waals surface area contributed by atoms with Crippen molar-refractivity contribution in [2.45, 2.75) is 13.5 Å². The van der Waals surface area contributed by atoms with Crippen LogP contribution in [0.15, 0.2) is 15.9 Å². The first-order chi connectivity index (χ1) is 5.83. The van der Waals surface area contributed by atoms with Crippen molar-refractivity contribution in [3.8, 4) is 11.8 Å². The highest BCUT2D eigenvalue weighted by Gasteiger charge is 1.94. The number of thiophene rings is 1. The standard InChI is InChI=1S/C9H10BrNS/c1-2-3-6-11-7-8-4-5-9(10)12-8/h4-5,11H,6-7H2,1H3. The summed E-state index contributed by atoms with van der Waals surface area (Å²) in [6.07, 6.45) is 0. The van der Waals surface area contributed by atoms with Crippen molar-refractivity contribution in [1.29, 1.82) is 0 Å². The molecule has 0 fully saturated rings. The molecule has 0 aromatic carbocycles. The van der Waals surface area contributed by atoms with Crippen molar-refractivity contribution in [2.24, 2.45) is 0 Å². The molecule has 0 unspecified atom stereocenters. The Balaban J connectivity index is 2.27. The second-order valence-corrected chi connectivity index (χ2v) is 4.78. The molecule has 0 saturated carbocycles. The van der Waals surface area contributed by atoms with Gasteiger partial charge in [-0.1, -0.05) is 5.92 Å². The Morgan fingerprint density at radius 3 is 3.00 bits per heavy atom. The summed E-state index contributed by atoms with van der Waals surface area (Å²) < 4.78 is 1.18. The van der Waals surface area contributed by atoms with Crippen LogP contribution in [0, 0.1) is 11.8 Å². The molecule has 64 valence electrons. The Labute approximate surface area is 85.3 Å². The zero-order chi connectivity index (χ0) is 8.81. The van der Waals surface area contributed by atoms with Crippen molar-refractivity contribution >= 4 is 27.3 Å². The summed E-state index contributed by atoms with van der Waals surface area (Å²) in [4.78, 5) is 1.33. The molecule has 0 aliphatic carbocycles. The largest absolute Gasteiger partial charge is 0.301 e. The van der Waals surface area contributed by atoms with E-state index in [4.69, 9.17) is 0 Å². The summed E-state index contributed by atoms with van der Waals surface area (Å²) in [5, 5.41) is 3.23. The third-order valence-electron chi connectivity index (χ3n) is 1.32. The topological polar surface area (TPSA) is 12.0 Å². The van der Waals surface area contributed by atoms with Crippen LogP contribution in [0.3, 0.4) is 0 Å². The smallest absolute Gasteiger partial charge is 0.0701 e. The second kappa shape index (κ2) is 5.36. The lowest BCUT2D eigenvalue weighted by Gasteiger charge is -1.95. The Morgan fingerprint density at radius 1 is 1.58 bits per heavy atom. The molecule has 1 aromatic rings. The van der Waals surface area contributed by atoms with Gasteiger partial charge in [-0.05, 0) is 35.0 Å². The maximum Gasteiger partial charge on any atom is 0.0701 e. The number of hydrogen-bond acceptors (Lipinski definition) is 2. The van der Waals surface area contributed by atoms with Crippen molar-refractivity contribution in [2.75, 3.05) is 6.54 Å². The third-order valence-corrected chi connectivity index (χ3v) is 2.94. The van der Waals surface area contributed by atoms with E-state index >= 15 is 0 Å². The Bertz CT molecular complexity index is 295. The van der Waals surface area contributed by atoms with Gasteiger partial charge < -0.3 is 5.32 Å². The summed E-state index contributed by atoms with van der Waals surface area (Å²) in [6.45, 7) is 3.53. The molecule has 0 spiro atoms. The van der Waals surface area contributed by atoms with Gasteiger partial charge in [0.25, 0.3) is 0 Å². The van der Waals surface area contributed by atoms with E-state index in [0.29, 0.717) is 0 Å². The van der Waals surface area contributed by atoms with Crippen molar-refractivity contribution in [3.05, 3.63) is 20.8 Å². The van der Waals surface area contributed by atoms with Gasteiger partial charge in [-0.15, -0.1) is 17.3 Å². The molecule has 1 rings (SSSR count). The van der Waals surface area contributed by atoms with E-state index in [1.165, 1.54) is 8.66 Å². The molecule has 0 amide bonds. The van der Waals surface area contributed by atoms with E-state index in [2.05, 4.69) is 45.2 Å². The number of nitrogens with one attached hydrogen (secondary N) is 1. The minimum Gasteiger partial charge on any atom is -0.301 e. The molecule has 0 saturated heterocycles. The number of hydrogen-bond donors (Lipinski definition) is 1. The van der Waals surface area contributed by atoms with Gasteiger partial charge in [-0.25, -0.2) is 0 Å². The molecule has 12 heavy (non-hydrogen) atoms. The molecule has 0 bridgehead atoms. The molecule has 0 aliphatic rings. The first-order valence-corrected chi connectivity index (χ1v) is 5.28. The quantitative estimate of drug-likeness (QED) is 0.636. The van der Waals surface area contributed by atoms with Crippen molar-refractivity contribution < 1.29 is 0 Å². The first kappa shape index (κ1) is 9.79. The number of rotatable bonds is 3. The van der Waals surface area contributed by atoms with E-state index in [1.807, 2.05) is 6.92 Å². The summed E-state index contributed by atoms with van der Waals surface area (Å²) in [5.41, 5.74) is 0. The molecule has 1 aromatic heterocycles. The molecule has 3 heteroatoms. The van der Waals surface area contributed by atoms with Gasteiger partial charge >= 0.3 is 0 Å². The zero-order valence-corrected chi connectivity index (χ0v) is 9.26. The van der Waals surface area contributed by atoms with Crippen molar-refractivity contribution in [3.63, 3.8) is 0 Å². The Hall–Kier alpha value is -0.300. The maximum absolute atomic E-state index is 3.42. The molecule has 0 aliphatic heterocycles. The average molecular weight is 244 g/mol. The highest BCUT2D eigenvalue weighted by molar-refractivity contribution is 9.11. The van der Waals surface area contributed by atoms with Crippen LogP contribution in [-0.4, -0.2) is 6.54 Å². The second-order valence-electron chi connectivity index (χ2n) is 2.24. The SMILES string of the molecule is CC#CCNCc1ccc(Br)s1. The monoisotopic (exact) mass is 243 g/mol. The van der Waals surface area contributed by atoms with Crippen LogP contribution in [0.4, 0.5) is 0 Å². The van der Waals surface area contributed by atoms with Gasteiger partial charge in [0, 0.05) is 11.4 Å². The van der Waals surface area contributed by atoms with Crippen LogP contribution >= 0.6 is 27.3 Å². The van der Waals surface area contributed by atoms with Crippen LogP contribution in [-0.2, 0) is 6.54 Å². The average Bonchev–Trinajstić information content (AvgIpc) is 2.45. The fourth-order valence-corrected chi connectivity index (χ4v) is 2.24. The van der Waals surface area contributed by atoms with Crippen LogP contribution in [0.25, 0.3) is 0 Å². The normalized spacial score (nSPS) is 9.17. The fraction of sp³-hybridized carbons (Fsp3) is 0.333. The van der Waals surface area contributed by atoms with Crippen LogP contribution in [0.1, 0.15) is 11.8 Å². The van der Waals surface area contributed by atoms with Crippen LogP contribution in [0.2, 0.25) is 0 Å². The molecule has 1 nitrogen and oxygen atoms in total. The van der Waals surface area contributed by atoms with Gasteiger partial charge in [0.05, 0.1) is 10.3 Å². The van der Waals surface area contributed by atoms with Gasteiger partial charge in [0.2, 0.25) is 0 Å². The highest BCUT2D eigenvalue weighted by Crippen LogP contribution is 2.21. The predicted molar refractivity (Wildman–Crippen MR) is 57.2 cm³/mol. The van der Waals surface area contributed by atoms with E-state index in [-0.39, 0.29) is 0 Å². The maximum atomic E-state index is 3.42. The lowest BCUT2D eigenvalue weighted by molar-refractivity contribution is 0.781. The van der Waals surface area contributed by atoms with Gasteiger partial charge in [0.15, 0.2) is 0 Å². The molecule has 1 N–H and O–H groups in total. The predicted octanol–water partition coefficient (Wildman–Crippen LogP) is 2.62. The van der Waals surface area contributed by atoms with Crippen LogP contribution < -0.4 is 5.32 Å². The molecule has 1 heterocycles. The first-order valence-electron chi connectivity index (χ1n) is 3.67. The molecule has 0 radical (unpaired) electrons. The zero-order valence-electron chi connectivity index (χ0n) is 6.86. The summed E-state index contributed by atoms with van der Waals surface area (Å²) >= 11 is 5.17. The van der Waals surface area contributed by atoms with Crippen LogP contribution in [0.5, 0.6) is 0 Å². The lowest BCUT2D eigenvalue weighted by atomic mass is 10.4. The lowest BCUT2D eigenvalue weighted by Crippen LogP contribution is -2.11. The summed E-state index contributed by atoms with van der Waals surface area (Å²) in [7, 11) is 0. The minimum atomic E-state index is 0.770. The molecule has 0 atom stereocenters. The van der Waals surface area contributed by atoms with Gasteiger partial charge in [0.1, 0.15) is 0 Å². The summed E-state index contributed by atoms with van der Waals surface area (Å²) in [6, 6.07) is 4.17. The molecular weight excluding hydrogens is 234 g/mol. The van der Waals surface area contributed by atoms with E-state index in [9.17, 15) is 0 Å². The minimum absolute atomic E-state index is 0.770. The van der Waals surface area contributed by atoms with Crippen molar-refractivity contribution in [1.82, 2.24) is 5.32 Å². The molecular formula is C9H10BrNS. The Kier molecular flexibility index (Phi) is 4.37.